The lowest BCUT2D eigenvalue weighted by Gasteiger charge is -2.31. The molecule has 0 saturated heterocycles. The summed E-state index contributed by atoms with van der Waals surface area (Å²) in [7, 11) is 0. The normalized spacial score (nSPS) is 13.2. The summed E-state index contributed by atoms with van der Waals surface area (Å²) >= 11 is 0. The number of H-pyrrole nitrogens is 1. The molecule has 2 rings (SSSR count). The average Bonchev–Trinajstić information content (AvgIpc) is 2.95. The Bertz CT molecular complexity index is 1280. The second-order valence-corrected chi connectivity index (χ2v) is 12.6. The van der Waals surface area contributed by atoms with Gasteiger partial charge in [0.15, 0.2) is 5.69 Å². The lowest BCUT2D eigenvalue weighted by atomic mass is 9.95. The quantitative estimate of drug-likeness (QED) is 0.169. The van der Waals surface area contributed by atoms with Gasteiger partial charge < -0.3 is 15.3 Å². The molecule has 0 aliphatic rings. The van der Waals surface area contributed by atoms with Crippen LogP contribution in [-0.2, 0) is 0 Å². The van der Waals surface area contributed by atoms with Crippen LogP contribution in [0.4, 0.5) is 11.4 Å². The number of rotatable bonds is 16. The molecule has 0 aliphatic carbocycles. The molecule has 43 heavy (non-hydrogen) atoms. The molecule has 0 spiro atoms. The monoisotopic (exact) mass is 595 g/mol. The number of nitrogens with one attached hydrogen (secondary N) is 2. The number of carbonyl (C=O) groups is 2. The van der Waals surface area contributed by atoms with Gasteiger partial charge in [-0.1, -0.05) is 78.4 Å². The third kappa shape index (κ3) is 10.6. The maximum atomic E-state index is 14.2. The maximum Gasteiger partial charge on any atom is 0.278 e. The third-order valence-electron chi connectivity index (χ3n) is 7.85. The van der Waals surface area contributed by atoms with E-state index in [1.807, 2.05) is 25.7 Å². The summed E-state index contributed by atoms with van der Waals surface area (Å²) < 4.78 is 0. The average molecular weight is 596 g/mol. The Hall–Kier alpha value is -3.49. The Labute approximate surface area is 257 Å². The fraction of sp³-hybridized carbons (Fsp3) is 0.618. The fourth-order valence-electron chi connectivity index (χ4n) is 5.21. The molecule has 9 heteroatoms. The summed E-state index contributed by atoms with van der Waals surface area (Å²) in [5, 5.41) is 21.7. The van der Waals surface area contributed by atoms with Gasteiger partial charge >= 0.3 is 0 Å². The largest absolute Gasteiger partial charge is 0.494 e. The van der Waals surface area contributed by atoms with Crippen molar-refractivity contribution in [3.8, 4) is 5.88 Å². The van der Waals surface area contributed by atoms with Gasteiger partial charge in [0.1, 0.15) is 5.56 Å². The molecule has 3 N–H and O–H groups in total. The first-order valence-corrected chi connectivity index (χ1v) is 15.9. The molecule has 0 bridgehead atoms. The standard InChI is InChI=1S/C34H53N5O4/c1-9-13-17-24(11-3)21-39(22-25(12-4)18-14-10-2)33(43)26-19-15-16-20-27(26)37-38-29-23(5)28(30(40)35-32(29)42)31(41)36-34(6,7)8/h15-16,19-20,24-25H,9-14,17-18,21-22H2,1-8H3,(H,36,41)(H2,35,40,42). The van der Waals surface area contributed by atoms with Gasteiger partial charge in [-0.2, -0.15) is 0 Å². The van der Waals surface area contributed by atoms with Gasteiger partial charge in [0.2, 0.25) is 5.88 Å². The summed E-state index contributed by atoms with van der Waals surface area (Å²) in [4.78, 5) is 44.1. The first-order chi connectivity index (χ1) is 20.4. The van der Waals surface area contributed by atoms with Crippen molar-refractivity contribution < 1.29 is 14.7 Å². The number of carbonyl (C=O) groups excluding carboxylic acids is 2. The minimum atomic E-state index is -0.681. The number of aromatic amines is 1. The zero-order valence-electron chi connectivity index (χ0n) is 27.5. The molecule has 0 aliphatic heterocycles. The van der Waals surface area contributed by atoms with Crippen LogP contribution < -0.4 is 10.9 Å². The summed E-state index contributed by atoms with van der Waals surface area (Å²) in [5.41, 5.74) is -0.463. The van der Waals surface area contributed by atoms with E-state index in [2.05, 4.69) is 48.2 Å². The number of benzene rings is 1. The van der Waals surface area contributed by atoms with Crippen LogP contribution in [0.3, 0.4) is 0 Å². The molecule has 1 aromatic heterocycles. The number of unbranched alkanes of at least 4 members (excludes halogenated alkanes) is 2. The van der Waals surface area contributed by atoms with Crippen molar-refractivity contribution >= 4 is 23.2 Å². The summed E-state index contributed by atoms with van der Waals surface area (Å²) in [6.07, 6.45) is 8.68. The van der Waals surface area contributed by atoms with Crippen LogP contribution in [0.2, 0.25) is 0 Å². The topological polar surface area (TPSA) is 127 Å². The van der Waals surface area contributed by atoms with Gasteiger partial charge in [0.25, 0.3) is 17.4 Å². The third-order valence-corrected chi connectivity index (χ3v) is 7.85. The van der Waals surface area contributed by atoms with Crippen LogP contribution in [-0.4, -0.2) is 45.4 Å². The van der Waals surface area contributed by atoms with Crippen molar-refractivity contribution in [2.24, 2.45) is 22.1 Å². The molecule has 0 fully saturated rings. The Morgan fingerprint density at radius 2 is 1.51 bits per heavy atom. The number of amides is 2. The highest BCUT2D eigenvalue weighted by Crippen LogP contribution is 2.29. The van der Waals surface area contributed by atoms with Gasteiger partial charge in [-0.3, -0.25) is 19.4 Å². The van der Waals surface area contributed by atoms with Crippen LogP contribution >= 0.6 is 0 Å². The number of hydrogen-bond acceptors (Lipinski definition) is 6. The highest BCUT2D eigenvalue weighted by molar-refractivity contribution is 6.00. The molecule has 238 valence electrons. The van der Waals surface area contributed by atoms with E-state index in [1.54, 1.807) is 31.2 Å². The second-order valence-electron chi connectivity index (χ2n) is 12.6. The lowest BCUT2D eigenvalue weighted by Crippen LogP contribution is -2.41. The first kappa shape index (κ1) is 35.7. The van der Waals surface area contributed by atoms with Crippen molar-refractivity contribution in [2.45, 2.75) is 112 Å². The zero-order chi connectivity index (χ0) is 32.2. The summed E-state index contributed by atoms with van der Waals surface area (Å²) in [5.74, 6) is -0.337. The van der Waals surface area contributed by atoms with Crippen molar-refractivity contribution in [3.05, 3.63) is 51.3 Å². The number of hydrogen-bond donors (Lipinski definition) is 3. The van der Waals surface area contributed by atoms with Crippen LogP contribution in [0.25, 0.3) is 0 Å². The number of pyridine rings is 1. The van der Waals surface area contributed by atoms with E-state index in [9.17, 15) is 19.5 Å². The van der Waals surface area contributed by atoms with E-state index >= 15 is 0 Å². The van der Waals surface area contributed by atoms with Crippen LogP contribution in [0.15, 0.2) is 39.3 Å². The molecule has 2 atom stereocenters. The van der Waals surface area contributed by atoms with Crippen LogP contribution in [0.1, 0.15) is 126 Å². The van der Waals surface area contributed by atoms with Crippen molar-refractivity contribution in [1.29, 1.82) is 0 Å². The van der Waals surface area contributed by atoms with Crippen molar-refractivity contribution in [1.82, 2.24) is 15.2 Å². The fourth-order valence-corrected chi connectivity index (χ4v) is 5.21. The maximum absolute atomic E-state index is 14.2. The van der Waals surface area contributed by atoms with Crippen molar-refractivity contribution in [3.63, 3.8) is 0 Å². The van der Waals surface area contributed by atoms with E-state index < -0.39 is 22.9 Å². The van der Waals surface area contributed by atoms with Crippen LogP contribution in [0.5, 0.6) is 5.88 Å². The summed E-state index contributed by atoms with van der Waals surface area (Å²) in [6, 6.07) is 7.03. The van der Waals surface area contributed by atoms with E-state index in [-0.39, 0.29) is 22.7 Å². The molecular formula is C34H53N5O4. The SMILES string of the molecule is CCCCC(CC)CN(CC(CC)CCCC)C(=O)c1ccccc1N=Nc1c(C)c(C(=O)NC(C)(C)C)c(O)[nH]c1=O. The molecule has 1 heterocycles. The predicted octanol–water partition coefficient (Wildman–Crippen LogP) is 8.21. The molecule has 1 aromatic carbocycles. The first-order valence-electron chi connectivity index (χ1n) is 15.9. The molecule has 2 amide bonds. The van der Waals surface area contributed by atoms with Gasteiger partial charge in [0, 0.05) is 24.2 Å². The molecule has 9 nitrogen and oxygen atoms in total. The predicted molar refractivity (Wildman–Crippen MR) is 174 cm³/mol. The van der Waals surface area contributed by atoms with E-state index in [0.717, 1.165) is 51.4 Å². The lowest BCUT2D eigenvalue weighted by molar-refractivity contribution is 0.0685. The molecule has 0 saturated carbocycles. The van der Waals surface area contributed by atoms with Crippen LogP contribution in [0, 0.1) is 18.8 Å². The van der Waals surface area contributed by atoms with Gasteiger partial charge in [-0.05, 0) is 64.5 Å². The Kier molecular flexibility index (Phi) is 14.1. The zero-order valence-corrected chi connectivity index (χ0v) is 27.5. The number of aromatic hydroxyl groups is 1. The van der Waals surface area contributed by atoms with Crippen molar-refractivity contribution in [2.75, 3.05) is 13.1 Å². The highest BCUT2D eigenvalue weighted by Gasteiger charge is 2.26. The summed E-state index contributed by atoms with van der Waals surface area (Å²) in [6.45, 7) is 17.1. The Morgan fingerprint density at radius 3 is 2.02 bits per heavy atom. The minimum Gasteiger partial charge on any atom is -0.494 e. The Morgan fingerprint density at radius 1 is 0.953 bits per heavy atom. The molecular weight excluding hydrogens is 542 g/mol. The van der Waals surface area contributed by atoms with E-state index in [0.29, 0.717) is 36.2 Å². The number of azo groups is 1. The molecule has 2 unspecified atom stereocenters. The van der Waals surface area contributed by atoms with Gasteiger partial charge in [0.05, 0.1) is 11.3 Å². The second kappa shape index (κ2) is 17.0. The molecule has 2 aromatic rings. The van der Waals surface area contributed by atoms with Gasteiger partial charge in [-0.15, -0.1) is 10.2 Å². The minimum absolute atomic E-state index is 0.0746. The smallest absolute Gasteiger partial charge is 0.278 e. The number of aromatic nitrogens is 1. The molecule has 0 radical (unpaired) electrons. The Balaban J connectivity index is 2.50. The van der Waals surface area contributed by atoms with E-state index in [4.69, 9.17) is 0 Å². The van der Waals surface area contributed by atoms with E-state index in [1.165, 1.54) is 0 Å². The number of nitrogens with zero attached hydrogens (tertiary/aromatic N) is 3. The van der Waals surface area contributed by atoms with Gasteiger partial charge in [-0.25, -0.2) is 0 Å². The highest BCUT2D eigenvalue weighted by atomic mass is 16.3.